The largest absolute Gasteiger partial charge is 0.477 e. The van der Waals surface area contributed by atoms with E-state index < -0.39 is 5.97 Å². The standard InChI is InChI=1S/C11H13N5O2/c1-7(10-15-12-6-16(10)2)13-9-5-3-4-8(14-9)11(17)18/h3-7H,1-2H3,(H,13,14)(H,17,18). The number of carbonyl (C=O) groups is 1. The zero-order valence-corrected chi connectivity index (χ0v) is 10.0. The molecule has 18 heavy (non-hydrogen) atoms. The average molecular weight is 247 g/mol. The van der Waals surface area contributed by atoms with Gasteiger partial charge in [-0.05, 0) is 19.1 Å². The minimum absolute atomic E-state index is 0.00478. The quantitative estimate of drug-likeness (QED) is 0.839. The first-order chi connectivity index (χ1) is 8.58. The fourth-order valence-electron chi connectivity index (χ4n) is 1.60. The third kappa shape index (κ3) is 2.45. The first-order valence-electron chi connectivity index (χ1n) is 5.38. The topological polar surface area (TPSA) is 92.9 Å². The van der Waals surface area contributed by atoms with Gasteiger partial charge in [-0.15, -0.1) is 10.2 Å². The minimum atomic E-state index is -1.05. The normalized spacial score (nSPS) is 12.1. The van der Waals surface area contributed by atoms with Crippen LogP contribution in [0.1, 0.15) is 29.3 Å². The van der Waals surface area contributed by atoms with Gasteiger partial charge in [-0.1, -0.05) is 6.07 Å². The van der Waals surface area contributed by atoms with E-state index in [1.54, 1.807) is 23.0 Å². The number of nitrogens with one attached hydrogen (secondary N) is 1. The van der Waals surface area contributed by atoms with Crippen molar-refractivity contribution < 1.29 is 9.90 Å². The van der Waals surface area contributed by atoms with Gasteiger partial charge in [-0.2, -0.15) is 0 Å². The summed E-state index contributed by atoms with van der Waals surface area (Å²) >= 11 is 0. The van der Waals surface area contributed by atoms with Crippen molar-refractivity contribution in [2.75, 3.05) is 5.32 Å². The fraction of sp³-hybridized carbons (Fsp3) is 0.273. The molecule has 0 amide bonds. The second-order valence-corrected chi connectivity index (χ2v) is 3.88. The predicted octanol–water partition coefficient (Wildman–Crippen LogP) is 1.08. The predicted molar refractivity (Wildman–Crippen MR) is 64.2 cm³/mol. The summed E-state index contributed by atoms with van der Waals surface area (Å²) in [4.78, 5) is 14.8. The minimum Gasteiger partial charge on any atom is -0.477 e. The Bertz CT molecular complexity index is 566. The summed E-state index contributed by atoms with van der Waals surface area (Å²) in [5.41, 5.74) is 0.00478. The van der Waals surface area contributed by atoms with Gasteiger partial charge in [0.15, 0.2) is 11.5 Å². The van der Waals surface area contributed by atoms with Gasteiger partial charge in [0.25, 0.3) is 0 Å². The number of hydrogen-bond acceptors (Lipinski definition) is 5. The van der Waals surface area contributed by atoms with E-state index in [2.05, 4.69) is 20.5 Å². The van der Waals surface area contributed by atoms with E-state index >= 15 is 0 Å². The Morgan fingerprint density at radius 3 is 2.89 bits per heavy atom. The molecule has 2 heterocycles. The molecule has 2 aromatic rings. The van der Waals surface area contributed by atoms with Crippen LogP contribution >= 0.6 is 0 Å². The van der Waals surface area contributed by atoms with Crippen molar-refractivity contribution in [2.24, 2.45) is 7.05 Å². The molecule has 2 N–H and O–H groups in total. The Hall–Kier alpha value is -2.44. The van der Waals surface area contributed by atoms with Crippen molar-refractivity contribution in [1.82, 2.24) is 19.7 Å². The van der Waals surface area contributed by atoms with Crippen molar-refractivity contribution in [3.8, 4) is 0 Å². The molecule has 0 radical (unpaired) electrons. The van der Waals surface area contributed by atoms with Crippen LogP contribution in [0, 0.1) is 0 Å². The fourth-order valence-corrected chi connectivity index (χ4v) is 1.60. The van der Waals surface area contributed by atoms with Gasteiger partial charge in [0, 0.05) is 7.05 Å². The molecule has 0 aliphatic rings. The highest BCUT2D eigenvalue weighted by atomic mass is 16.4. The van der Waals surface area contributed by atoms with Crippen molar-refractivity contribution in [3.63, 3.8) is 0 Å². The Morgan fingerprint density at radius 2 is 2.28 bits per heavy atom. The highest BCUT2D eigenvalue weighted by molar-refractivity contribution is 5.85. The molecule has 94 valence electrons. The van der Waals surface area contributed by atoms with E-state index in [9.17, 15) is 4.79 Å². The van der Waals surface area contributed by atoms with Gasteiger partial charge >= 0.3 is 5.97 Å². The molecule has 0 saturated heterocycles. The maximum atomic E-state index is 10.8. The van der Waals surface area contributed by atoms with E-state index in [1.165, 1.54) is 6.07 Å². The van der Waals surface area contributed by atoms with Gasteiger partial charge in [0.05, 0.1) is 6.04 Å². The van der Waals surface area contributed by atoms with Gasteiger partial charge in [-0.25, -0.2) is 9.78 Å². The van der Waals surface area contributed by atoms with E-state index in [-0.39, 0.29) is 11.7 Å². The molecule has 2 aromatic heterocycles. The summed E-state index contributed by atoms with van der Waals surface area (Å²) < 4.78 is 1.79. The Balaban J connectivity index is 2.17. The maximum Gasteiger partial charge on any atom is 0.354 e. The van der Waals surface area contributed by atoms with Crippen LogP contribution in [-0.4, -0.2) is 30.8 Å². The number of aryl methyl sites for hydroxylation is 1. The molecule has 0 aliphatic heterocycles. The highest BCUT2D eigenvalue weighted by Gasteiger charge is 2.12. The van der Waals surface area contributed by atoms with Crippen LogP contribution < -0.4 is 5.32 Å². The molecule has 0 saturated carbocycles. The number of hydrogen-bond donors (Lipinski definition) is 2. The first-order valence-corrected chi connectivity index (χ1v) is 5.38. The lowest BCUT2D eigenvalue weighted by molar-refractivity contribution is 0.0690. The van der Waals surface area contributed by atoms with Gasteiger partial charge in [-0.3, -0.25) is 0 Å². The molecule has 0 fully saturated rings. The number of carboxylic acid groups (broad SMARTS) is 1. The van der Waals surface area contributed by atoms with Gasteiger partial charge < -0.3 is 15.0 Å². The third-order valence-corrected chi connectivity index (χ3v) is 2.47. The van der Waals surface area contributed by atoms with E-state index in [0.29, 0.717) is 5.82 Å². The van der Waals surface area contributed by atoms with Crippen LogP contribution in [-0.2, 0) is 7.05 Å². The lowest BCUT2D eigenvalue weighted by Crippen LogP contribution is -2.13. The number of rotatable bonds is 4. The summed E-state index contributed by atoms with van der Waals surface area (Å²) in [6, 6.07) is 4.68. The van der Waals surface area contributed by atoms with Crippen molar-refractivity contribution in [2.45, 2.75) is 13.0 Å². The second-order valence-electron chi connectivity index (χ2n) is 3.88. The third-order valence-electron chi connectivity index (χ3n) is 2.47. The second kappa shape index (κ2) is 4.82. The average Bonchev–Trinajstić information content (AvgIpc) is 2.76. The SMILES string of the molecule is CC(Nc1cccc(C(=O)O)n1)c1nncn1C. The molecule has 0 aromatic carbocycles. The van der Waals surface area contributed by atoms with E-state index in [4.69, 9.17) is 5.11 Å². The number of aromatic carboxylic acids is 1. The van der Waals surface area contributed by atoms with Crippen molar-refractivity contribution >= 4 is 11.8 Å². The van der Waals surface area contributed by atoms with E-state index in [1.807, 2.05) is 14.0 Å². The Kier molecular flexibility index (Phi) is 3.22. The van der Waals surface area contributed by atoms with Gasteiger partial charge in [0.1, 0.15) is 12.1 Å². The summed E-state index contributed by atoms with van der Waals surface area (Å²) in [5, 5.41) is 19.7. The molecule has 7 heteroatoms. The lowest BCUT2D eigenvalue weighted by atomic mass is 10.3. The molecule has 0 spiro atoms. The number of nitrogens with zero attached hydrogens (tertiary/aromatic N) is 4. The van der Waals surface area contributed by atoms with Crippen molar-refractivity contribution in [3.05, 3.63) is 36.0 Å². The van der Waals surface area contributed by atoms with Crippen LogP contribution in [0.2, 0.25) is 0 Å². The number of aromatic nitrogens is 4. The van der Waals surface area contributed by atoms with Crippen LogP contribution in [0.3, 0.4) is 0 Å². The Morgan fingerprint density at radius 1 is 1.50 bits per heavy atom. The number of pyridine rings is 1. The highest BCUT2D eigenvalue weighted by Crippen LogP contribution is 2.15. The van der Waals surface area contributed by atoms with Crippen LogP contribution in [0.4, 0.5) is 5.82 Å². The van der Waals surface area contributed by atoms with E-state index in [0.717, 1.165) is 5.82 Å². The molecular formula is C11H13N5O2. The smallest absolute Gasteiger partial charge is 0.354 e. The number of anilines is 1. The summed E-state index contributed by atoms with van der Waals surface area (Å²) in [5.74, 6) is 0.188. The first kappa shape index (κ1) is 12.0. The molecule has 0 bridgehead atoms. The maximum absolute atomic E-state index is 10.8. The Labute approximate surface area is 104 Å². The molecule has 0 aliphatic carbocycles. The molecule has 2 rings (SSSR count). The summed E-state index contributed by atoms with van der Waals surface area (Å²) in [7, 11) is 1.84. The van der Waals surface area contributed by atoms with Crippen LogP contribution in [0.15, 0.2) is 24.5 Å². The summed E-state index contributed by atoms with van der Waals surface area (Å²) in [6.07, 6.45) is 1.61. The lowest BCUT2D eigenvalue weighted by Gasteiger charge is -2.13. The van der Waals surface area contributed by atoms with Gasteiger partial charge in [0.2, 0.25) is 0 Å². The molecule has 1 atom stereocenters. The monoisotopic (exact) mass is 247 g/mol. The summed E-state index contributed by atoms with van der Waals surface area (Å²) in [6.45, 7) is 1.90. The van der Waals surface area contributed by atoms with Crippen molar-refractivity contribution in [1.29, 1.82) is 0 Å². The molecule has 7 nitrogen and oxygen atoms in total. The molecule has 1 unspecified atom stereocenters. The zero-order chi connectivity index (χ0) is 13.1. The van der Waals surface area contributed by atoms with Crippen LogP contribution in [0.5, 0.6) is 0 Å². The number of carboxylic acids is 1. The van der Waals surface area contributed by atoms with Crippen LogP contribution in [0.25, 0.3) is 0 Å². The molecular weight excluding hydrogens is 234 g/mol. The zero-order valence-electron chi connectivity index (χ0n) is 10.0.